The van der Waals surface area contributed by atoms with Crippen LogP contribution in [0.1, 0.15) is 29.9 Å². The number of hydrogen-bond donors (Lipinski definition) is 1. The van der Waals surface area contributed by atoms with Crippen molar-refractivity contribution in [3.05, 3.63) is 71.9 Å². The van der Waals surface area contributed by atoms with Crippen molar-refractivity contribution in [1.29, 1.82) is 10.5 Å². The van der Waals surface area contributed by atoms with Gasteiger partial charge in [-0.3, -0.25) is 4.57 Å². The van der Waals surface area contributed by atoms with E-state index in [2.05, 4.69) is 37.7 Å². The van der Waals surface area contributed by atoms with E-state index in [1.807, 2.05) is 54.8 Å². The predicted molar refractivity (Wildman–Crippen MR) is 134 cm³/mol. The number of anilines is 2. The Morgan fingerprint density at radius 1 is 1.03 bits per heavy atom. The normalized spacial score (nSPS) is 13.6. The van der Waals surface area contributed by atoms with Gasteiger partial charge in [0.1, 0.15) is 24.3 Å². The number of fused-ring (bicyclic) bond motifs is 1. The number of aryl methyl sites for hydroxylation is 2. The molecule has 37 heavy (non-hydrogen) atoms. The predicted octanol–water partition coefficient (Wildman–Crippen LogP) is 4.06. The van der Waals surface area contributed by atoms with Gasteiger partial charge >= 0.3 is 0 Å². The lowest BCUT2D eigenvalue weighted by molar-refractivity contribution is 0.235. The standard InChI is InChI=1S/C26H20N10O/c1-16-3-7-23(33-32-16)30-18-4-5-21-20(12-18)29-15-35(21)24-8-6-22(37-26(14-28)9-10-26)25(31-24)36-17(2)11-19(13-27)34-36/h3-8,11-12,15H,9-10H2,1-2H3,(H,30,33). The summed E-state index contributed by atoms with van der Waals surface area (Å²) in [6.45, 7) is 3.72. The highest BCUT2D eigenvalue weighted by molar-refractivity contribution is 5.82. The topological polar surface area (TPSA) is 143 Å². The fourth-order valence-corrected chi connectivity index (χ4v) is 3.98. The minimum absolute atomic E-state index is 0.267. The molecule has 6 rings (SSSR count). The van der Waals surface area contributed by atoms with Crippen molar-refractivity contribution >= 4 is 22.5 Å². The monoisotopic (exact) mass is 488 g/mol. The zero-order chi connectivity index (χ0) is 25.6. The number of nitrogens with zero attached hydrogens (tertiary/aromatic N) is 9. The van der Waals surface area contributed by atoms with E-state index in [-0.39, 0.29) is 5.69 Å². The zero-order valence-electron chi connectivity index (χ0n) is 20.0. The second-order valence-electron chi connectivity index (χ2n) is 8.90. The van der Waals surface area contributed by atoms with Crippen molar-refractivity contribution in [2.45, 2.75) is 32.3 Å². The minimum atomic E-state index is -0.843. The highest BCUT2D eigenvalue weighted by Crippen LogP contribution is 2.41. The Balaban J connectivity index is 1.39. The Labute approximate surface area is 211 Å². The van der Waals surface area contributed by atoms with Gasteiger partial charge in [0, 0.05) is 24.2 Å². The molecule has 1 N–H and O–H groups in total. The molecule has 5 aromatic rings. The molecule has 4 aromatic heterocycles. The van der Waals surface area contributed by atoms with Crippen LogP contribution in [0.25, 0.3) is 22.7 Å². The molecular weight excluding hydrogens is 468 g/mol. The third-order valence-electron chi connectivity index (χ3n) is 6.10. The summed E-state index contributed by atoms with van der Waals surface area (Å²) in [4.78, 5) is 9.40. The van der Waals surface area contributed by atoms with Crippen molar-refractivity contribution in [1.82, 2.24) is 34.5 Å². The van der Waals surface area contributed by atoms with Gasteiger partial charge in [0.25, 0.3) is 0 Å². The van der Waals surface area contributed by atoms with Crippen LogP contribution in [-0.2, 0) is 0 Å². The number of nitriles is 2. The van der Waals surface area contributed by atoms with Gasteiger partial charge in [-0.1, -0.05) is 0 Å². The Bertz CT molecular complexity index is 1730. The number of aromatic nitrogens is 7. The van der Waals surface area contributed by atoms with Gasteiger partial charge in [0.15, 0.2) is 28.7 Å². The molecule has 1 aliphatic carbocycles. The van der Waals surface area contributed by atoms with Gasteiger partial charge in [0.2, 0.25) is 0 Å². The Morgan fingerprint density at radius 3 is 2.59 bits per heavy atom. The number of hydrogen-bond acceptors (Lipinski definition) is 9. The Kier molecular flexibility index (Phi) is 5.06. The molecular formula is C26H20N10O. The SMILES string of the molecule is Cc1ccc(Nc2ccc3c(c2)ncn3-c2ccc(OC3(C#N)CC3)c(-n3nc(C#N)cc3C)n2)nn1. The lowest BCUT2D eigenvalue weighted by Crippen LogP contribution is -2.18. The molecule has 0 amide bonds. The van der Waals surface area contributed by atoms with Crippen molar-refractivity contribution in [3.63, 3.8) is 0 Å². The Hall–Kier alpha value is -5.29. The Morgan fingerprint density at radius 2 is 1.89 bits per heavy atom. The molecule has 0 saturated heterocycles. The summed E-state index contributed by atoms with van der Waals surface area (Å²) in [6.07, 6.45) is 3.01. The molecule has 0 unspecified atom stereocenters. The van der Waals surface area contributed by atoms with E-state index in [0.717, 1.165) is 28.1 Å². The first-order chi connectivity index (χ1) is 18.0. The molecule has 11 heteroatoms. The third-order valence-corrected chi connectivity index (χ3v) is 6.10. The average Bonchev–Trinajstić information content (AvgIpc) is 3.39. The average molecular weight is 489 g/mol. The molecule has 0 aliphatic heterocycles. The van der Waals surface area contributed by atoms with Crippen LogP contribution in [0.3, 0.4) is 0 Å². The van der Waals surface area contributed by atoms with Gasteiger partial charge in [-0.15, -0.1) is 5.10 Å². The first-order valence-corrected chi connectivity index (χ1v) is 11.6. The number of rotatable bonds is 6. The molecule has 180 valence electrons. The molecule has 0 radical (unpaired) electrons. The second-order valence-corrected chi connectivity index (χ2v) is 8.90. The maximum absolute atomic E-state index is 9.54. The molecule has 1 aliphatic rings. The van der Waals surface area contributed by atoms with E-state index >= 15 is 0 Å². The van der Waals surface area contributed by atoms with Gasteiger partial charge in [-0.2, -0.15) is 20.7 Å². The lowest BCUT2D eigenvalue weighted by atomic mass is 10.2. The summed E-state index contributed by atoms with van der Waals surface area (Å²) in [5, 5.41) is 34.7. The number of benzene rings is 1. The lowest BCUT2D eigenvalue weighted by Gasteiger charge is -2.16. The van der Waals surface area contributed by atoms with E-state index in [4.69, 9.17) is 9.72 Å². The summed E-state index contributed by atoms with van der Waals surface area (Å²) in [5.74, 6) is 2.05. The van der Waals surface area contributed by atoms with E-state index in [0.29, 0.717) is 36.0 Å². The van der Waals surface area contributed by atoms with Crippen molar-refractivity contribution in [2.75, 3.05) is 5.32 Å². The second kappa shape index (κ2) is 8.43. The first-order valence-electron chi connectivity index (χ1n) is 11.6. The zero-order valence-corrected chi connectivity index (χ0v) is 20.0. The largest absolute Gasteiger partial charge is 0.468 e. The maximum Gasteiger partial charge on any atom is 0.198 e. The number of pyridine rings is 1. The van der Waals surface area contributed by atoms with E-state index < -0.39 is 5.60 Å². The number of imidazole rings is 1. The maximum atomic E-state index is 9.54. The smallest absolute Gasteiger partial charge is 0.198 e. The first kappa shape index (κ1) is 22.2. The van der Waals surface area contributed by atoms with Crippen LogP contribution in [0, 0.1) is 36.5 Å². The fourth-order valence-electron chi connectivity index (χ4n) is 3.98. The van der Waals surface area contributed by atoms with Crippen LogP contribution >= 0.6 is 0 Å². The van der Waals surface area contributed by atoms with E-state index in [1.54, 1.807) is 23.1 Å². The van der Waals surface area contributed by atoms with E-state index in [9.17, 15) is 10.5 Å². The number of nitrogens with one attached hydrogen (secondary N) is 1. The molecule has 4 heterocycles. The summed E-state index contributed by atoms with van der Waals surface area (Å²) < 4.78 is 9.50. The minimum Gasteiger partial charge on any atom is -0.468 e. The molecule has 1 fully saturated rings. The fraction of sp³-hybridized carbons (Fsp3) is 0.192. The van der Waals surface area contributed by atoms with Crippen LogP contribution in [0.5, 0.6) is 5.75 Å². The molecule has 0 spiro atoms. The van der Waals surface area contributed by atoms with Gasteiger partial charge < -0.3 is 10.1 Å². The summed E-state index contributed by atoms with van der Waals surface area (Å²) in [6, 6.07) is 19.1. The van der Waals surface area contributed by atoms with Crippen LogP contribution in [0.2, 0.25) is 0 Å². The number of ether oxygens (including phenoxy) is 1. The van der Waals surface area contributed by atoms with Crippen molar-refractivity contribution < 1.29 is 4.74 Å². The summed E-state index contributed by atoms with van der Waals surface area (Å²) >= 11 is 0. The third kappa shape index (κ3) is 4.09. The quantitative estimate of drug-likeness (QED) is 0.374. The molecule has 1 saturated carbocycles. The summed E-state index contributed by atoms with van der Waals surface area (Å²) in [5.41, 5.74) is 3.43. The van der Waals surface area contributed by atoms with Gasteiger partial charge in [-0.25, -0.2) is 14.6 Å². The van der Waals surface area contributed by atoms with Crippen LogP contribution in [-0.4, -0.2) is 40.1 Å². The highest BCUT2D eigenvalue weighted by Gasteiger charge is 2.47. The van der Waals surface area contributed by atoms with Crippen molar-refractivity contribution in [3.8, 4) is 29.5 Å². The van der Waals surface area contributed by atoms with E-state index in [1.165, 1.54) is 0 Å². The highest BCUT2D eigenvalue weighted by atomic mass is 16.5. The molecule has 11 nitrogen and oxygen atoms in total. The molecule has 0 bridgehead atoms. The summed E-state index contributed by atoms with van der Waals surface area (Å²) in [7, 11) is 0. The molecule has 1 aromatic carbocycles. The molecule has 0 atom stereocenters. The van der Waals surface area contributed by atoms with Gasteiger partial charge in [-0.05, 0) is 62.4 Å². The van der Waals surface area contributed by atoms with Crippen LogP contribution in [0.15, 0.2) is 54.9 Å². The van der Waals surface area contributed by atoms with Crippen LogP contribution in [0.4, 0.5) is 11.5 Å². The van der Waals surface area contributed by atoms with Crippen LogP contribution < -0.4 is 10.1 Å². The van der Waals surface area contributed by atoms with Gasteiger partial charge in [0.05, 0.1) is 16.7 Å². The van der Waals surface area contributed by atoms with Crippen molar-refractivity contribution in [2.24, 2.45) is 0 Å².